The van der Waals surface area contributed by atoms with Gasteiger partial charge in [-0.2, -0.15) is 0 Å². The summed E-state index contributed by atoms with van der Waals surface area (Å²) in [5, 5.41) is 0. The van der Waals surface area contributed by atoms with Crippen LogP contribution in [0.25, 0.3) is 0 Å². The molecular weight excluding hydrogens is 220 g/mol. The number of carbonyl (C=O) groups excluding carboxylic acids is 1. The summed E-state index contributed by atoms with van der Waals surface area (Å²) in [6.07, 6.45) is 1.40. The van der Waals surface area contributed by atoms with Crippen molar-refractivity contribution >= 4 is 6.09 Å². The maximum Gasteiger partial charge on any atom is 0.410 e. The van der Waals surface area contributed by atoms with Gasteiger partial charge in [0.2, 0.25) is 0 Å². The largest absolute Gasteiger partial charge is 0.444 e. The number of hydrogen-bond acceptors (Lipinski definition) is 4. The van der Waals surface area contributed by atoms with Crippen molar-refractivity contribution in [2.45, 2.75) is 45.3 Å². The Labute approximate surface area is 103 Å². The lowest BCUT2D eigenvalue weighted by molar-refractivity contribution is 0.0133. The molecule has 5 nitrogen and oxygen atoms in total. The highest BCUT2D eigenvalue weighted by molar-refractivity contribution is 5.68. The van der Waals surface area contributed by atoms with E-state index in [0.29, 0.717) is 26.2 Å². The third-order valence-electron chi connectivity index (χ3n) is 2.49. The topological polar surface area (TPSA) is 64.8 Å². The third-order valence-corrected chi connectivity index (χ3v) is 2.49. The van der Waals surface area contributed by atoms with Gasteiger partial charge in [0, 0.05) is 13.2 Å². The molecule has 5 heteroatoms. The predicted octanol–water partition coefficient (Wildman–Crippen LogP) is 1.36. The summed E-state index contributed by atoms with van der Waals surface area (Å²) in [4.78, 5) is 13.7. The van der Waals surface area contributed by atoms with Crippen molar-refractivity contribution in [3.63, 3.8) is 0 Å². The minimum Gasteiger partial charge on any atom is -0.444 e. The Balaban J connectivity index is 2.53. The Kier molecular flexibility index (Phi) is 5.21. The molecule has 0 aromatic rings. The van der Waals surface area contributed by atoms with Gasteiger partial charge in [0.05, 0.1) is 12.6 Å². The molecule has 0 aromatic heterocycles. The fraction of sp³-hybridized carbons (Fsp3) is 0.917. The fourth-order valence-corrected chi connectivity index (χ4v) is 1.75. The molecule has 1 aliphatic rings. The van der Waals surface area contributed by atoms with Gasteiger partial charge in [0.1, 0.15) is 5.60 Å². The van der Waals surface area contributed by atoms with E-state index in [1.165, 1.54) is 0 Å². The van der Waals surface area contributed by atoms with E-state index in [4.69, 9.17) is 15.2 Å². The number of rotatable bonds is 2. The molecule has 1 fully saturated rings. The molecule has 0 bridgehead atoms. The number of ether oxygens (including phenoxy) is 2. The van der Waals surface area contributed by atoms with Crippen LogP contribution in [-0.2, 0) is 9.47 Å². The summed E-state index contributed by atoms with van der Waals surface area (Å²) in [5.41, 5.74) is 5.07. The molecule has 0 radical (unpaired) electrons. The Bertz CT molecular complexity index is 251. The lowest BCUT2D eigenvalue weighted by Gasteiger charge is -2.27. The monoisotopic (exact) mass is 244 g/mol. The number of nitrogens with two attached hydrogens (primary N) is 1. The number of amides is 1. The third kappa shape index (κ3) is 5.37. The molecule has 2 N–H and O–H groups in total. The zero-order valence-corrected chi connectivity index (χ0v) is 11.1. The van der Waals surface area contributed by atoms with E-state index < -0.39 is 5.60 Å². The molecule has 1 rings (SSSR count). The van der Waals surface area contributed by atoms with Crippen LogP contribution in [0.1, 0.15) is 33.6 Å². The van der Waals surface area contributed by atoms with Crippen molar-refractivity contribution in [1.82, 2.24) is 4.90 Å². The van der Waals surface area contributed by atoms with Crippen molar-refractivity contribution in [2.24, 2.45) is 5.73 Å². The Morgan fingerprint density at radius 1 is 1.53 bits per heavy atom. The van der Waals surface area contributed by atoms with Gasteiger partial charge in [-0.3, -0.25) is 0 Å². The predicted molar refractivity (Wildman–Crippen MR) is 65.8 cm³/mol. The summed E-state index contributed by atoms with van der Waals surface area (Å²) in [5.74, 6) is 0. The first-order chi connectivity index (χ1) is 7.92. The molecule has 0 saturated carbocycles. The van der Waals surface area contributed by atoms with E-state index in [0.717, 1.165) is 12.8 Å². The quantitative estimate of drug-likeness (QED) is 0.796. The average molecular weight is 244 g/mol. The highest BCUT2D eigenvalue weighted by Gasteiger charge is 2.26. The molecule has 0 spiro atoms. The molecule has 1 heterocycles. The van der Waals surface area contributed by atoms with Crippen molar-refractivity contribution in [2.75, 3.05) is 26.2 Å². The summed E-state index contributed by atoms with van der Waals surface area (Å²) in [6, 6.07) is 0. The lowest BCUT2D eigenvalue weighted by atomic mass is 10.2. The van der Waals surface area contributed by atoms with E-state index in [2.05, 4.69) is 0 Å². The van der Waals surface area contributed by atoms with Gasteiger partial charge in [-0.05, 0) is 40.2 Å². The molecule has 1 saturated heterocycles. The van der Waals surface area contributed by atoms with Gasteiger partial charge >= 0.3 is 6.09 Å². The van der Waals surface area contributed by atoms with Gasteiger partial charge in [0.15, 0.2) is 0 Å². The molecule has 1 aliphatic heterocycles. The van der Waals surface area contributed by atoms with Crippen LogP contribution in [0.15, 0.2) is 0 Å². The highest BCUT2D eigenvalue weighted by atomic mass is 16.6. The van der Waals surface area contributed by atoms with Crippen molar-refractivity contribution < 1.29 is 14.3 Å². The Morgan fingerprint density at radius 2 is 2.24 bits per heavy atom. The molecule has 100 valence electrons. The zero-order valence-electron chi connectivity index (χ0n) is 11.1. The van der Waals surface area contributed by atoms with E-state index in [1.54, 1.807) is 4.90 Å². The van der Waals surface area contributed by atoms with Gasteiger partial charge in [0.25, 0.3) is 0 Å². The Hall–Kier alpha value is -0.810. The van der Waals surface area contributed by atoms with Crippen LogP contribution in [0, 0.1) is 0 Å². The van der Waals surface area contributed by atoms with E-state index in [-0.39, 0.29) is 12.2 Å². The normalized spacial score (nSPS) is 22.1. The molecule has 17 heavy (non-hydrogen) atoms. The molecule has 0 aliphatic carbocycles. The molecular formula is C12H24N2O3. The minimum atomic E-state index is -0.451. The average Bonchev–Trinajstić information content (AvgIpc) is 2.41. The van der Waals surface area contributed by atoms with Gasteiger partial charge in [-0.25, -0.2) is 4.79 Å². The van der Waals surface area contributed by atoms with E-state index in [9.17, 15) is 4.79 Å². The first-order valence-electron chi connectivity index (χ1n) is 6.22. The first-order valence-corrected chi connectivity index (χ1v) is 6.22. The van der Waals surface area contributed by atoms with Crippen LogP contribution in [0.3, 0.4) is 0 Å². The van der Waals surface area contributed by atoms with Crippen LogP contribution in [0.5, 0.6) is 0 Å². The molecule has 0 aromatic carbocycles. The van der Waals surface area contributed by atoms with Crippen LogP contribution in [0.2, 0.25) is 0 Å². The number of hydrogen-bond donors (Lipinski definition) is 1. The number of carbonyl (C=O) groups is 1. The second-order valence-electron chi connectivity index (χ2n) is 5.35. The van der Waals surface area contributed by atoms with Crippen LogP contribution in [-0.4, -0.2) is 48.9 Å². The molecule has 1 unspecified atom stereocenters. The fourth-order valence-electron chi connectivity index (χ4n) is 1.75. The van der Waals surface area contributed by atoms with Gasteiger partial charge in [-0.1, -0.05) is 0 Å². The Morgan fingerprint density at radius 3 is 2.82 bits per heavy atom. The molecule has 1 amide bonds. The van der Waals surface area contributed by atoms with Crippen molar-refractivity contribution in [3.8, 4) is 0 Å². The van der Waals surface area contributed by atoms with Crippen LogP contribution < -0.4 is 5.73 Å². The van der Waals surface area contributed by atoms with Gasteiger partial charge < -0.3 is 20.1 Å². The highest BCUT2D eigenvalue weighted by Crippen LogP contribution is 2.14. The van der Waals surface area contributed by atoms with Gasteiger partial charge in [-0.15, -0.1) is 0 Å². The van der Waals surface area contributed by atoms with Crippen LogP contribution >= 0.6 is 0 Å². The zero-order chi connectivity index (χ0) is 12.9. The van der Waals surface area contributed by atoms with E-state index >= 15 is 0 Å². The van der Waals surface area contributed by atoms with Crippen molar-refractivity contribution in [1.29, 1.82) is 0 Å². The maximum absolute atomic E-state index is 11.9. The number of nitrogens with zero attached hydrogens (tertiary/aromatic N) is 1. The SMILES string of the molecule is CC(C)(C)OC(=O)N1CCCOC(CCN)C1. The van der Waals surface area contributed by atoms with Crippen molar-refractivity contribution in [3.05, 3.63) is 0 Å². The maximum atomic E-state index is 11.9. The van der Waals surface area contributed by atoms with E-state index in [1.807, 2.05) is 20.8 Å². The summed E-state index contributed by atoms with van der Waals surface area (Å²) in [6.45, 7) is 8.14. The minimum absolute atomic E-state index is 0.0371. The standard InChI is InChI=1S/C12H24N2O3/c1-12(2,3)17-11(15)14-7-4-8-16-10(9-14)5-6-13/h10H,4-9,13H2,1-3H3. The summed E-state index contributed by atoms with van der Waals surface area (Å²) >= 11 is 0. The van der Waals surface area contributed by atoms with Crippen LogP contribution in [0.4, 0.5) is 4.79 Å². The summed E-state index contributed by atoms with van der Waals surface area (Å²) in [7, 11) is 0. The second-order valence-corrected chi connectivity index (χ2v) is 5.35. The lowest BCUT2D eigenvalue weighted by Crippen LogP contribution is -2.41. The summed E-state index contributed by atoms with van der Waals surface area (Å²) < 4.78 is 11.0. The molecule has 1 atom stereocenters. The second kappa shape index (κ2) is 6.21. The smallest absolute Gasteiger partial charge is 0.410 e. The first kappa shape index (κ1) is 14.3.